The molecule has 0 aliphatic carbocycles. The zero-order valence-corrected chi connectivity index (χ0v) is 12.7. The fraction of sp³-hybridized carbons (Fsp3) is 0.867. The summed E-state index contributed by atoms with van der Waals surface area (Å²) in [5, 5.41) is 15.1. The Hall–Kier alpha value is -1.10. The van der Waals surface area contributed by atoms with Gasteiger partial charge in [-0.2, -0.15) is 0 Å². The van der Waals surface area contributed by atoms with Crippen LogP contribution in [-0.2, 0) is 9.59 Å². The van der Waals surface area contributed by atoms with Gasteiger partial charge in [-0.25, -0.2) is 0 Å². The van der Waals surface area contributed by atoms with Crippen molar-refractivity contribution in [3.63, 3.8) is 0 Å². The summed E-state index contributed by atoms with van der Waals surface area (Å²) in [6.45, 7) is 6.14. The summed E-state index contributed by atoms with van der Waals surface area (Å²) in [7, 11) is 0. The van der Waals surface area contributed by atoms with E-state index in [9.17, 15) is 9.59 Å². The summed E-state index contributed by atoms with van der Waals surface area (Å²) in [6.07, 6.45) is 5.24. The van der Waals surface area contributed by atoms with E-state index >= 15 is 0 Å². The van der Waals surface area contributed by atoms with Crippen LogP contribution in [0.4, 0.5) is 0 Å². The molecule has 5 nitrogen and oxygen atoms in total. The highest BCUT2D eigenvalue weighted by Gasteiger charge is 2.38. The molecule has 0 bridgehead atoms. The molecule has 1 fully saturated rings. The van der Waals surface area contributed by atoms with Gasteiger partial charge in [0.2, 0.25) is 5.91 Å². The van der Waals surface area contributed by atoms with E-state index in [1.807, 2.05) is 0 Å². The van der Waals surface area contributed by atoms with Crippen LogP contribution in [0.5, 0.6) is 0 Å². The Morgan fingerprint density at radius 1 is 1.45 bits per heavy atom. The van der Waals surface area contributed by atoms with Crippen molar-refractivity contribution in [1.29, 1.82) is 0 Å². The van der Waals surface area contributed by atoms with Crippen LogP contribution in [0.2, 0.25) is 0 Å². The smallest absolute Gasteiger partial charge is 0.306 e. The van der Waals surface area contributed by atoms with Gasteiger partial charge in [0, 0.05) is 13.1 Å². The van der Waals surface area contributed by atoms with Gasteiger partial charge in [0.25, 0.3) is 0 Å². The SMILES string of the molecule is CCCC1(C(=O)NCCCC(C)C(=O)O)CCCNC1. The molecule has 1 rings (SSSR count). The van der Waals surface area contributed by atoms with Crippen molar-refractivity contribution < 1.29 is 14.7 Å². The number of piperidine rings is 1. The van der Waals surface area contributed by atoms with Gasteiger partial charge in [0.05, 0.1) is 11.3 Å². The first-order valence-electron chi connectivity index (χ1n) is 7.73. The molecule has 1 aliphatic heterocycles. The van der Waals surface area contributed by atoms with E-state index in [0.717, 1.165) is 45.2 Å². The number of carboxylic acids is 1. The van der Waals surface area contributed by atoms with Gasteiger partial charge in [0.15, 0.2) is 0 Å². The molecule has 1 saturated heterocycles. The zero-order valence-electron chi connectivity index (χ0n) is 12.7. The van der Waals surface area contributed by atoms with Crippen molar-refractivity contribution >= 4 is 11.9 Å². The van der Waals surface area contributed by atoms with Gasteiger partial charge in [-0.05, 0) is 38.6 Å². The summed E-state index contributed by atoms with van der Waals surface area (Å²) in [6, 6.07) is 0. The summed E-state index contributed by atoms with van der Waals surface area (Å²) in [4.78, 5) is 23.1. The van der Waals surface area contributed by atoms with Crippen LogP contribution in [0.3, 0.4) is 0 Å². The lowest BCUT2D eigenvalue weighted by atomic mass is 9.76. The third-order valence-corrected chi connectivity index (χ3v) is 4.20. The lowest BCUT2D eigenvalue weighted by Gasteiger charge is -2.36. The maximum Gasteiger partial charge on any atom is 0.306 e. The maximum atomic E-state index is 12.4. The number of carbonyl (C=O) groups excluding carboxylic acids is 1. The first kappa shape index (κ1) is 17.0. The fourth-order valence-corrected chi connectivity index (χ4v) is 2.89. The number of amides is 1. The topological polar surface area (TPSA) is 78.4 Å². The number of nitrogens with one attached hydrogen (secondary N) is 2. The highest BCUT2D eigenvalue weighted by atomic mass is 16.4. The number of carbonyl (C=O) groups is 2. The third-order valence-electron chi connectivity index (χ3n) is 4.20. The van der Waals surface area contributed by atoms with Crippen LogP contribution < -0.4 is 10.6 Å². The molecule has 2 atom stereocenters. The predicted molar refractivity (Wildman–Crippen MR) is 78.5 cm³/mol. The summed E-state index contributed by atoms with van der Waals surface area (Å²) < 4.78 is 0. The van der Waals surface area contributed by atoms with E-state index in [0.29, 0.717) is 13.0 Å². The van der Waals surface area contributed by atoms with Crippen molar-refractivity contribution in [2.75, 3.05) is 19.6 Å². The van der Waals surface area contributed by atoms with E-state index < -0.39 is 5.97 Å². The van der Waals surface area contributed by atoms with E-state index in [2.05, 4.69) is 17.6 Å². The average Bonchev–Trinajstić information content (AvgIpc) is 2.44. The van der Waals surface area contributed by atoms with Crippen molar-refractivity contribution in [3.05, 3.63) is 0 Å². The Labute approximate surface area is 121 Å². The Morgan fingerprint density at radius 2 is 2.20 bits per heavy atom. The first-order valence-corrected chi connectivity index (χ1v) is 7.73. The second kappa shape index (κ2) is 8.25. The van der Waals surface area contributed by atoms with Crippen LogP contribution in [0.1, 0.15) is 52.4 Å². The summed E-state index contributed by atoms with van der Waals surface area (Å²) in [5.41, 5.74) is -0.259. The highest BCUT2D eigenvalue weighted by molar-refractivity contribution is 5.83. The molecule has 0 radical (unpaired) electrons. The predicted octanol–water partition coefficient (Wildman–Crippen LogP) is 1.77. The van der Waals surface area contributed by atoms with E-state index in [-0.39, 0.29) is 17.2 Å². The van der Waals surface area contributed by atoms with Crippen molar-refractivity contribution in [3.8, 4) is 0 Å². The number of rotatable bonds is 8. The molecule has 2 unspecified atom stereocenters. The number of aliphatic carboxylic acids is 1. The molecule has 0 aromatic carbocycles. The largest absolute Gasteiger partial charge is 0.481 e. The number of hydrogen-bond acceptors (Lipinski definition) is 3. The number of carboxylic acid groups (broad SMARTS) is 1. The van der Waals surface area contributed by atoms with E-state index in [1.54, 1.807) is 6.92 Å². The molecular weight excluding hydrogens is 256 g/mol. The van der Waals surface area contributed by atoms with Crippen LogP contribution in [0.25, 0.3) is 0 Å². The molecule has 0 spiro atoms. The van der Waals surface area contributed by atoms with Crippen molar-refractivity contribution in [1.82, 2.24) is 10.6 Å². The minimum atomic E-state index is -0.768. The average molecular weight is 284 g/mol. The van der Waals surface area contributed by atoms with Gasteiger partial charge in [-0.15, -0.1) is 0 Å². The maximum absolute atomic E-state index is 12.4. The van der Waals surface area contributed by atoms with Crippen LogP contribution in [0.15, 0.2) is 0 Å². The normalized spacial score (nSPS) is 24.1. The first-order chi connectivity index (χ1) is 9.52. The monoisotopic (exact) mass is 284 g/mol. The summed E-state index contributed by atoms with van der Waals surface area (Å²) >= 11 is 0. The lowest BCUT2D eigenvalue weighted by Crippen LogP contribution is -2.50. The van der Waals surface area contributed by atoms with Gasteiger partial charge >= 0.3 is 5.97 Å². The molecule has 116 valence electrons. The van der Waals surface area contributed by atoms with Gasteiger partial charge in [-0.3, -0.25) is 9.59 Å². The quantitative estimate of drug-likeness (QED) is 0.594. The molecule has 20 heavy (non-hydrogen) atoms. The second-order valence-corrected chi connectivity index (χ2v) is 5.95. The fourth-order valence-electron chi connectivity index (χ4n) is 2.89. The Bertz CT molecular complexity index is 320. The minimum Gasteiger partial charge on any atom is -0.481 e. The van der Waals surface area contributed by atoms with Gasteiger partial charge in [0.1, 0.15) is 0 Å². The molecule has 0 aromatic rings. The molecule has 0 saturated carbocycles. The molecule has 5 heteroatoms. The van der Waals surface area contributed by atoms with Crippen molar-refractivity contribution in [2.24, 2.45) is 11.3 Å². The lowest BCUT2D eigenvalue weighted by molar-refractivity contribution is -0.141. The molecule has 3 N–H and O–H groups in total. The molecule has 1 aliphatic rings. The molecule has 0 aromatic heterocycles. The minimum absolute atomic E-state index is 0.134. The van der Waals surface area contributed by atoms with Crippen LogP contribution in [-0.4, -0.2) is 36.6 Å². The highest BCUT2D eigenvalue weighted by Crippen LogP contribution is 2.31. The van der Waals surface area contributed by atoms with Crippen LogP contribution >= 0.6 is 0 Å². The van der Waals surface area contributed by atoms with E-state index in [1.165, 1.54) is 0 Å². The molecular formula is C15H28N2O3. The zero-order chi connectivity index (χ0) is 15.0. The van der Waals surface area contributed by atoms with Gasteiger partial charge in [-0.1, -0.05) is 20.3 Å². The standard InChI is InChI=1S/C15H28N2O3/c1-3-7-15(8-5-9-16-11-15)14(20)17-10-4-6-12(2)13(18)19/h12,16H,3-11H2,1-2H3,(H,17,20)(H,18,19). The second-order valence-electron chi connectivity index (χ2n) is 5.95. The van der Waals surface area contributed by atoms with Crippen molar-refractivity contribution in [2.45, 2.75) is 52.4 Å². The van der Waals surface area contributed by atoms with E-state index in [4.69, 9.17) is 5.11 Å². The summed E-state index contributed by atoms with van der Waals surface area (Å²) in [5.74, 6) is -0.974. The van der Waals surface area contributed by atoms with Gasteiger partial charge < -0.3 is 15.7 Å². The molecule has 1 amide bonds. The Morgan fingerprint density at radius 3 is 2.75 bits per heavy atom. The Kier molecular flexibility index (Phi) is 6.99. The Balaban J connectivity index is 2.37. The third kappa shape index (κ3) is 4.78. The number of hydrogen-bond donors (Lipinski definition) is 3. The molecule has 1 heterocycles. The van der Waals surface area contributed by atoms with Crippen LogP contribution in [0, 0.1) is 11.3 Å².